The maximum atomic E-state index is 13.3. The van der Waals surface area contributed by atoms with Crippen LogP contribution >= 0.6 is 27.5 Å². The normalized spacial score (nSPS) is 11.3. The van der Waals surface area contributed by atoms with Crippen LogP contribution in [0.25, 0.3) is 10.9 Å². The smallest absolute Gasteiger partial charge is 0.335 e. The minimum atomic E-state index is -1.10. The highest BCUT2D eigenvalue weighted by molar-refractivity contribution is 9.10. The Labute approximate surface area is 235 Å². The number of fused-ring (bicyclic) bond motifs is 1. The number of aromatic nitrogens is 2. The molecule has 1 N–H and O–H groups in total. The van der Waals surface area contributed by atoms with Crippen LogP contribution in [0, 0.1) is 10.1 Å². The number of hydrogen-bond acceptors (Lipinski definition) is 7. The van der Waals surface area contributed by atoms with Crippen LogP contribution in [-0.2, 0) is 13.0 Å². The van der Waals surface area contributed by atoms with Crippen molar-refractivity contribution in [2.75, 3.05) is 0 Å². The van der Waals surface area contributed by atoms with Gasteiger partial charge in [-0.2, -0.15) is 9.78 Å². The molecule has 0 aliphatic carbocycles. The van der Waals surface area contributed by atoms with E-state index in [9.17, 15) is 19.7 Å². The number of nitro groups is 1. The molecule has 4 rings (SSSR count). The number of carboxylic acid groups (broad SMARTS) is 1. The van der Waals surface area contributed by atoms with E-state index >= 15 is 0 Å². The van der Waals surface area contributed by atoms with E-state index < -0.39 is 16.6 Å². The van der Waals surface area contributed by atoms with Gasteiger partial charge in [-0.05, 0) is 48.4 Å². The summed E-state index contributed by atoms with van der Waals surface area (Å²) in [6.45, 7) is 1.89. The molecule has 0 saturated heterocycles. The highest BCUT2D eigenvalue weighted by Gasteiger charge is 2.21. The predicted molar refractivity (Wildman–Crippen MR) is 151 cm³/mol. The van der Waals surface area contributed by atoms with Crippen molar-refractivity contribution in [1.82, 2.24) is 9.66 Å². The minimum Gasteiger partial charge on any atom is -0.481 e. The van der Waals surface area contributed by atoms with Crippen LogP contribution in [0.5, 0.6) is 5.75 Å². The summed E-state index contributed by atoms with van der Waals surface area (Å²) in [5.41, 5.74) is 0.613. The van der Waals surface area contributed by atoms with Gasteiger partial charge in [0.1, 0.15) is 12.4 Å². The van der Waals surface area contributed by atoms with E-state index in [1.165, 1.54) is 35.2 Å². The molecule has 1 aromatic heterocycles. The SMILES string of the molecule is CCCCc1nc2ccc(Br)cc2c(=O)n1N=Cc1cc(Cl)c(OCc2cccc(C(=O)O)c2)c([N+](=O)[O-])c1. The van der Waals surface area contributed by atoms with Crippen molar-refractivity contribution in [1.29, 1.82) is 0 Å². The molecule has 0 bridgehead atoms. The summed E-state index contributed by atoms with van der Waals surface area (Å²) in [6.07, 6.45) is 3.51. The van der Waals surface area contributed by atoms with Gasteiger partial charge in [-0.3, -0.25) is 14.9 Å². The van der Waals surface area contributed by atoms with Gasteiger partial charge in [-0.1, -0.05) is 53.0 Å². The molecule has 39 heavy (non-hydrogen) atoms. The lowest BCUT2D eigenvalue weighted by Crippen LogP contribution is -2.22. The molecule has 12 heteroatoms. The number of nitrogens with zero attached hydrogens (tertiary/aromatic N) is 4. The van der Waals surface area contributed by atoms with E-state index in [1.807, 2.05) is 6.92 Å². The fourth-order valence-corrected chi connectivity index (χ4v) is 4.48. The van der Waals surface area contributed by atoms with Crippen LogP contribution in [0.1, 0.15) is 47.1 Å². The fraction of sp³-hybridized carbons (Fsp3) is 0.185. The van der Waals surface area contributed by atoms with Crippen molar-refractivity contribution in [2.24, 2.45) is 5.10 Å². The van der Waals surface area contributed by atoms with Gasteiger partial charge in [0.15, 0.2) is 0 Å². The molecule has 1 heterocycles. The Kier molecular flexibility index (Phi) is 8.72. The highest BCUT2D eigenvalue weighted by Crippen LogP contribution is 2.36. The summed E-state index contributed by atoms with van der Waals surface area (Å²) in [5.74, 6) is -0.801. The number of hydrogen-bond donors (Lipinski definition) is 1. The number of ether oxygens (including phenoxy) is 1. The quantitative estimate of drug-likeness (QED) is 0.127. The first-order valence-electron chi connectivity index (χ1n) is 11.9. The molecule has 0 aliphatic rings. The van der Waals surface area contributed by atoms with Crippen LogP contribution in [0.4, 0.5) is 5.69 Å². The van der Waals surface area contributed by atoms with Crippen LogP contribution in [-0.4, -0.2) is 31.9 Å². The van der Waals surface area contributed by atoms with Crippen molar-refractivity contribution >= 4 is 56.3 Å². The zero-order valence-corrected chi connectivity index (χ0v) is 23.0. The number of carboxylic acids is 1. The molecule has 10 nitrogen and oxygen atoms in total. The van der Waals surface area contributed by atoms with Crippen molar-refractivity contribution < 1.29 is 19.6 Å². The Morgan fingerprint density at radius 2 is 2.05 bits per heavy atom. The summed E-state index contributed by atoms with van der Waals surface area (Å²) in [7, 11) is 0. The molecular formula is C27H22BrClN4O6. The molecule has 4 aromatic rings. The molecule has 0 fully saturated rings. The Bertz CT molecular complexity index is 1670. The molecule has 0 radical (unpaired) electrons. The zero-order valence-electron chi connectivity index (χ0n) is 20.6. The van der Waals surface area contributed by atoms with Crippen LogP contribution in [0.3, 0.4) is 0 Å². The highest BCUT2D eigenvalue weighted by atomic mass is 79.9. The Morgan fingerprint density at radius 1 is 1.26 bits per heavy atom. The molecule has 0 aliphatic heterocycles. The summed E-state index contributed by atoms with van der Waals surface area (Å²) >= 11 is 9.73. The van der Waals surface area contributed by atoms with E-state index in [-0.39, 0.29) is 34.1 Å². The Hall–Kier alpha value is -4.09. The van der Waals surface area contributed by atoms with Gasteiger partial charge in [0, 0.05) is 22.5 Å². The third-order valence-corrected chi connectivity index (χ3v) is 6.53. The van der Waals surface area contributed by atoms with Gasteiger partial charge >= 0.3 is 11.7 Å². The second-order valence-corrected chi connectivity index (χ2v) is 9.88. The average Bonchev–Trinajstić information content (AvgIpc) is 2.91. The first-order chi connectivity index (χ1) is 18.7. The van der Waals surface area contributed by atoms with E-state index in [0.29, 0.717) is 28.7 Å². The first-order valence-corrected chi connectivity index (χ1v) is 13.0. The van der Waals surface area contributed by atoms with Crippen LogP contribution < -0.4 is 10.3 Å². The van der Waals surface area contributed by atoms with Gasteiger partial charge in [-0.15, -0.1) is 0 Å². The van der Waals surface area contributed by atoms with E-state index in [0.717, 1.165) is 17.3 Å². The standard InChI is InChI=1S/C27H22BrClN4O6/c1-2-3-7-24-31-22-9-8-19(28)13-20(22)26(34)32(24)30-14-17-11-21(29)25(23(12-17)33(37)38)39-15-16-5-4-6-18(10-16)27(35)36/h4-6,8-14H,2-3,7,15H2,1H3,(H,35,36). The largest absolute Gasteiger partial charge is 0.481 e. The number of unbranched alkanes of at least 4 members (excludes halogenated alkanes) is 1. The molecule has 3 aromatic carbocycles. The summed E-state index contributed by atoms with van der Waals surface area (Å²) in [6, 6.07) is 13.9. The molecule has 0 spiro atoms. The van der Waals surface area contributed by atoms with E-state index in [4.69, 9.17) is 21.4 Å². The number of halogens is 2. The third-order valence-electron chi connectivity index (χ3n) is 5.75. The third kappa shape index (κ3) is 6.50. The molecule has 200 valence electrons. The van der Waals surface area contributed by atoms with Crippen LogP contribution in [0.2, 0.25) is 5.02 Å². The fourth-order valence-electron chi connectivity index (χ4n) is 3.84. The number of nitro benzene ring substituents is 1. The van der Waals surface area contributed by atoms with Gasteiger partial charge in [-0.25, -0.2) is 9.78 Å². The monoisotopic (exact) mass is 612 g/mol. The zero-order chi connectivity index (χ0) is 28.1. The summed E-state index contributed by atoms with van der Waals surface area (Å²) in [5, 5.41) is 25.7. The number of benzene rings is 3. The lowest BCUT2D eigenvalue weighted by atomic mass is 10.1. The van der Waals surface area contributed by atoms with Crippen molar-refractivity contribution in [3.63, 3.8) is 0 Å². The first kappa shape index (κ1) is 27.9. The second kappa shape index (κ2) is 12.2. The van der Waals surface area contributed by atoms with E-state index in [2.05, 4.69) is 26.0 Å². The van der Waals surface area contributed by atoms with Crippen molar-refractivity contribution in [3.05, 3.63) is 107 Å². The van der Waals surface area contributed by atoms with Crippen molar-refractivity contribution in [2.45, 2.75) is 32.8 Å². The summed E-state index contributed by atoms with van der Waals surface area (Å²) < 4.78 is 7.55. The molecule has 0 unspecified atom stereocenters. The number of aryl methyl sites for hydroxylation is 1. The van der Waals surface area contributed by atoms with Crippen LogP contribution in [0.15, 0.2) is 69.0 Å². The lowest BCUT2D eigenvalue weighted by Gasteiger charge is -2.11. The second-order valence-electron chi connectivity index (χ2n) is 8.56. The maximum Gasteiger partial charge on any atom is 0.335 e. The Morgan fingerprint density at radius 3 is 2.77 bits per heavy atom. The summed E-state index contributed by atoms with van der Waals surface area (Å²) in [4.78, 5) is 40.3. The number of rotatable bonds is 10. The predicted octanol–water partition coefficient (Wildman–Crippen LogP) is 6.22. The average molecular weight is 614 g/mol. The number of aromatic carboxylic acids is 1. The molecule has 0 saturated carbocycles. The van der Waals surface area contributed by atoms with Gasteiger partial charge in [0.05, 0.1) is 32.6 Å². The maximum absolute atomic E-state index is 13.3. The van der Waals surface area contributed by atoms with Gasteiger partial charge < -0.3 is 9.84 Å². The molecule has 0 amide bonds. The minimum absolute atomic E-state index is 0.0424. The topological polar surface area (TPSA) is 137 Å². The van der Waals surface area contributed by atoms with E-state index in [1.54, 1.807) is 30.3 Å². The Balaban J connectivity index is 1.69. The number of carbonyl (C=O) groups is 1. The van der Waals surface area contributed by atoms with Gasteiger partial charge in [0.25, 0.3) is 5.56 Å². The van der Waals surface area contributed by atoms with Gasteiger partial charge in [0.2, 0.25) is 5.75 Å². The molecular weight excluding hydrogens is 592 g/mol. The van der Waals surface area contributed by atoms with Crippen molar-refractivity contribution in [3.8, 4) is 5.75 Å². The molecule has 0 atom stereocenters. The lowest BCUT2D eigenvalue weighted by molar-refractivity contribution is -0.385.